The first-order valence-electron chi connectivity index (χ1n) is 6.73. The van der Waals surface area contributed by atoms with Gasteiger partial charge in [-0.15, -0.1) is 0 Å². The Morgan fingerprint density at radius 2 is 2.24 bits per heavy atom. The number of anilines is 1. The molecule has 0 aliphatic heterocycles. The summed E-state index contributed by atoms with van der Waals surface area (Å²) in [5.41, 5.74) is 1.78. The first-order chi connectivity index (χ1) is 10.2. The zero-order valence-corrected chi connectivity index (χ0v) is 13.5. The largest absolute Gasteiger partial charge is 0.389 e. The van der Waals surface area contributed by atoms with Crippen LogP contribution in [0.15, 0.2) is 34.9 Å². The molecule has 1 aromatic carbocycles. The Labute approximate surface area is 132 Å². The van der Waals surface area contributed by atoms with Gasteiger partial charge in [-0.1, -0.05) is 12.1 Å². The summed E-state index contributed by atoms with van der Waals surface area (Å²) in [6.45, 7) is 1.70. The van der Waals surface area contributed by atoms with Crippen LogP contribution in [0.3, 0.4) is 0 Å². The van der Waals surface area contributed by atoms with E-state index >= 15 is 0 Å². The van der Waals surface area contributed by atoms with Gasteiger partial charge in [0.25, 0.3) is 0 Å². The molecule has 114 valence electrons. The molecule has 1 atom stereocenters. The normalized spacial score (nSPS) is 12.5. The van der Waals surface area contributed by atoms with Crippen molar-refractivity contribution in [3.8, 4) is 0 Å². The first-order valence-corrected chi connectivity index (χ1v) is 7.53. The van der Waals surface area contributed by atoms with E-state index in [1.807, 2.05) is 24.3 Å². The minimum Gasteiger partial charge on any atom is -0.389 e. The highest BCUT2D eigenvalue weighted by molar-refractivity contribution is 9.10. The Balaban J connectivity index is 1.91. The SMILES string of the molecule is COCCOCC(O)CNc1cccc2cc(Br)cnc12. The number of hydrogen-bond donors (Lipinski definition) is 2. The number of aromatic nitrogens is 1. The van der Waals surface area contributed by atoms with Crippen LogP contribution in [-0.2, 0) is 9.47 Å². The van der Waals surface area contributed by atoms with Crippen LogP contribution in [0.5, 0.6) is 0 Å². The molecule has 6 heteroatoms. The third-order valence-corrected chi connectivity index (χ3v) is 3.38. The molecule has 0 amide bonds. The molecular formula is C15H19BrN2O3. The number of nitrogens with one attached hydrogen (secondary N) is 1. The summed E-state index contributed by atoms with van der Waals surface area (Å²) < 4.78 is 11.1. The minimum atomic E-state index is -0.576. The molecular weight excluding hydrogens is 336 g/mol. The van der Waals surface area contributed by atoms with Crippen molar-refractivity contribution in [1.82, 2.24) is 4.98 Å². The lowest BCUT2D eigenvalue weighted by Gasteiger charge is -2.14. The number of benzene rings is 1. The molecule has 0 aliphatic rings. The molecule has 0 bridgehead atoms. The summed E-state index contributed by atoms with van der Waals surface area (Å²) in [5, 5.41) is 14.1. The van der Waals surface area contributed by atoms with E-state index < -0.39 is 6.10 Å². The Morgan fingerprint density at radius 1 is 1.38 bits per heavy atom. The lowest BCUT2D eigenvalue weighted by molar-refractivity contribution is 0.0182. The molecule has 0 spiro atoms. The third-order valence-electron chi connectivity index (χ3n) is 2.95. The minimum absolute atomic E-state index is 0.278. The fourth-order valence-electron chi connectivity index (χ4n) is 1.92. The molecule has 0 aliphatic carbocycles. The molecule has 21 heavy (non-hydrogen) atoms. The van der Waals surface area contributed by atoms with Crippen LogP contribution in [0.4, 0.5) is 5.69 Å². The Bertz CT molecular complexity index is 580. The van der Waals surface area contributed by atoms with E-state index in [0.29, 0.717) is 19.8 Å². The monoisotopic (exact) mass is 354 g/mol. The van der Waals surface area contributed by atoms with Gasteiger partial charge in [-0.3, -0.25) is 4.98 Å². The predicted molar refractivity (Wildman–Crippen MR) is 86.6 cm³/mol. The van der Waals surface area contributed by atoms with Crippen molar-refractivity contribution in [2.75, 3.05) is 38.8 Å². The summed E-state index contributed by atoms with van der Waals surface area (Å²) in [6, 6.07) is 7.92. The predicted octanol–water partition coefficient (Wildman–Crippen LogP) is 2.43. The van der Waals surface area contributed by atoms with Gasteiger partial charge in [0.2, 0.25) is 0 Å². The lowest BCUT2D eigenvalue weighted by Crippen LogP contribution is -2.25. The molecule has 0 radical (unpaired) electrons. The van der Waals surface area contributed by atoms with E-state index in [1.54, 1.807) is 13.3 Å². The molecule has 0 saturated carbocycles. The molecule has 1 unspecified atom stereocenters. The van der Waals surface area contributed by atoms with Crippen LogP contribution in [0.1, 0.15) is 0 Å². The number of rotatable bonds is 8. The van der Waals surface area contributed by atoms with Crippen LogP contribution in [0.2, 0.25) is 0 Å². The van der Waals surface area contributed by atoms with Gasteiger partial charge in [0, 0.05) is 29.7 Å². The summed E-state index contributed by atoms with van der Waals surface area (Å²) in [5.74, 6) is 0. The topological polar surface area (TPSA) is 63.6 Å². The quantitative estimate of drug-likeness (QED) is 0.712. The van der Waals surface area contributed by atoms with Crippen molar-refractivity contribution in [2.45, 2.75) is 6.10 Å². The molecule has 2 aromatic rings. The summed E-state index contributed by atoms with van der Waals surface area (Å²) in [6.07, 6.45) is 1.19. The second kappa shape index (κ2) is 8.29. The number of methoxy groups -OCH3 is 1. The van der Waals surface area contributed by atoms with Crippen LogP contribution in [0.25, 0.3) is 10.9 Å². The number of nitrogens with zero attached hydrogens (tertiary/aromatic N) is 1. The molecule has 2 rings (SSSR count). The van der Waals surface area contributed by atoms with Crippen molar-refractivity contribution in [1.29, 1.82) is 0 Å². The number of fused-ring (bicyclic) bond motifs is 1. The van der Waals surface area contributed by atoms with Gasteiger partial charge in [0.1, 0.15) is 0 Å². The van der Waals surface area contributed by atoms with Gasteiger partial charge in [0.15, 0.2) is 0 Å². The van der Waals surface area contributed by atoms with Gasteiger partial charge in [-0.2, -0.15) is 0 Å². The molecule has 0 fully saturated rings. The lowest BCUT2D eigenvalue weighted by atomic mass is 10.2. The Kier molecular flexibility index (Phi) is 6.38. The van der Waals surface area contributed by atoms with E-state index in [4.69, 9.17) is 9.47 Å². The highest BCUT2D eigenvalue weighted by Crippen LogP contribution is 2.23. The van der Waals surface area contributed by atoms with Crippen molar-refractivity contribution >= 4 is 32.5 Å². The van der Waals surface area contributed by atoms with Gasteiger partial charge < -0.3 is 19.9 Å². The van der Waals surface area contributed by atoms with Crippen LogP contribution >= 0.6 is 15.9 Å². The summed E-state index contributed by atoms with van der Waals surface area (Å²) in [7, 11) is 1.62. The fourth-order valence-corrected chi connectivity index (χ4v) is 2.27. The number of aliphatic hydroxyl groups is 1. The van der Waals surface area contributed by atoms with Crippen LogP contribution in [-0.4, -0.2) is 49.7 Å². The van der Waals surface area contributed by atoms with E-state index in [-0.39, 0.29) is 6.61 Å². The average Bonchev–Trinajstić information content (AvgIpc) is 2.49. The van der Waals surface area contributed by atoms with Crippen molar-refractivity contribution < 1.29 is 14.6 Å². The highest BCUT2D eigenvalue weighted by Gasteiger charge is 2.07. The summed E-state index contributed by atoms with van der Waals surface area (Å²) >= 11 is 3.41. The van der Waals surface area contributed by atoms with Gasteiger partial charge in [-0.25, -0.2) is 0 Å². The van der Waals surface area contributed by atoms with Gasteiger partial charge in [0.05, 0.1) is 37.1 Å². The number of halogens is 1. The fraction of sp³-hybridized carbons (Fsp3) is 0.400. The number of aliphatic hydroxyl groups excluding tert-OH is 1. The average molecular weight is 355 g/mol. The second-order valence-corrected chi connectivity index (χ2v) is 5.55. The van der Waals surface area contributed by atoms with Crippen LogP contribution < -0.4 is 5.32 Å². The first kappa shape index (κ1) is 16.2. The third kappa shape index (κ3) is 4.93. The Morgan fingerprint density at radius 3 is 3.05 bits per heavy atom. The molecule has 1 aromatic heterocycles. The maximum absolute atomic E-state index is 9.87. The van der Waals surface area contributed by atoms with E-state index in [9.17, 15) is 5.11 Å². The standard InChI is InChI=1S/C15H19BrN2O3/c1-20-5-6-21-10-13(19)9-17-14-4-2-3-11-7-12(16)8-18-15(11)14/h2-4,7-8,13,17,19H,5-6,9-10H2,1H3. The zero-order chi connectivity index (χ0) is 15.1. The second-order valence-electron chi connectivity index (χ2n) is 4.63. The zero-order valence-electron chi connectivity index (χ0n) is 11.9. The summed E-state index contributed by atoms with van der Waals surface area (Å²) in [4.78, 5) is 4.41. The molecule has 2 N–H and O–H groups in total. The van der Waals surface area contributed by atoms with Crippen molar-refractivity contribution in [3.05, 3.63) is 34.9 Å². The molecule has 0 saturated heterocycles. The van der Waals surface area contributed by atoms with Gasteiger partial charge >= 0.3 is 0 Å². The number of pyridine rings is 1. The van der Waals surface area contributed by atoms with E-state index in [0.717, 1.165) is 21.1 Å². The number of para-hydroxylation sites is 1. The maximum atomic E-state index is 9.87. The van der Waals surface area contributed by atoms with Crippen molar-refractivity contribution in [3.63, 3.8) is 0 Å². The van der Waals surface area contributed by atoms with Crippen LogP contribution in [0, 0.1) is 0 Å². The van der Waals surface area contributed by atoms with Gasteiger partial charge in [-0.05, 0) is 28.1 Å². The highest BCUT2D eigenvalue weighted by atomic mass is 79.9. The maximum Gasteiger partial charge on any atom is 0.0945 e. The molecule has 1 heterocycles. The van der Waals surface area contributed by atoms with Crippen molar-refractivity contribution in [2.24, 2.45) is 0 Å². The number of ether oxygens (including phenoxy) is 2. The van der Waals surface area contributed by atoms with E-state index in [2.05, 4.69) is 26.2 Å². The number of hydrogen-bond acceptors (Lipinski definition) is 5. The Hall–Kier alpha value is -1.21. The smallest absolute Gasteiger partial charge is 0.0945 e. The van der Waals surface area contributed by atoms with E-state index in [1.165, 1.54) is 0 Å². The molecule has 5 nitrogen and oxygen atoms in total.